The summed E-state index contributed by atoms with van der Waals surface area (Å²) in [5, 5.41) is 9.40. The molecule has 4 aromatic rings. The first kappa shape index (κ1) is 39.8. The second kappa shape index (κ2) is 18.0. The van der Waals surface area contributed by atoms with Gasteiger partial charge in [-0.3, -0.25) is 29.1 Å². The van der Waals surface area contributed by atoms with Gasteiger partial charge in [0.25, 0.3) is 11.8 Å². The molecule has 5 amide bonds. The molecule has 0 bridgehead atoms. The Labute approximate surface area is 311 Å². The van der Waals surface area contributed by atoms with Crippen molar-refractivity contribution in [3.05, 3.63) is 95.1 Å². The first-order chi connectivity index (χ1) is 24.9. The molecular weight excluding hydrogens is 706 g/mol. The van der Waals surface area contributed by atoms with Crippen molar-refractivity contribution in [3.63, 3.8) is 0 Å². The highest BCUT2D eigenvalue weighted by Crippen LogP contribution is 2.33. The van der Waals surface area contributed by atoms with E-state index in [1.165, 1.54) is 9.80 Å². The molecule has 3 aromatic carbocycles. The van der Waals surface area contributed by atoms with Gasteiger partial charge in [-0.25, -0.2) is 4.98 Å². The molecule has 0 spiro atoms. The lowest BCUT2D eigenvalue weighted by atomic mass is 10.1. The van der Waals surface area contributed by atoms with Crippen molar-refractivity contribution in [1.82, 2.24) is 20.5 Å². The fourth-order valence-corrected chi connectivity index (χ4v) is 5.55. The maximum Gasteiger partial charge on any atom is 0.291 e. The summed E-state index contributed by atoms with van der Waals surface area (Å²) in [5.74, 6) is -0.228. The summed E-state index contributed by atoms with van der Waals surface area (Å²) >= 11 is 0. The van der Waals surface area contributed by atoms with E-state index in [1.54, 1.807) is 32.3 Å². The lowest BCUT2D eigenvalue weighted by molar-refractivity contribution is -0.121. The van der Waals surface area contributed by atoms with E-state index in [4.69, 9.17) is 26.7 Å². The van der Waals surface area contributed by atoms with Crippen LogP contribution in [0.1, 0.15) is 46.0 Å². The summed E-state index contributed by atoms with van der Waals surface area (Å²) < 4.78 is 11.3. The van der Waals surface area contributed by atoms with E-state index in [-0.39, 0.29) is 62.0 Å². The summed E-state index contributed by atoms with van der Waals surface area (Å²) in [7, 11) is 3.27. The Hall–Kier alpha value is -6.00. The molecule has 3 heterocycles. The quantitative estimate of drug-likeness (QED) is 0.155. The van der Waals surface area contributed by atoms with Crippen LogP contribution < -0.4 is 41.8 Å². The topological polar surface area (TPSA) is 242 Å². The highest BCUT2D eigenvalue weighted by Gasteiger charge is 2.32. The minimum Gasteiger partial charge on any atom is -0.489 e. The van der Waals surface area contributed by atoms with Crippen molar-refractivity contribution in [2.24, 2.45) is 17.2 Å². The summed E-state index contributed by atoms with van der Waals surface area (Å²) in [6, 6.07) is 18.9. The van der Waals surface area contributed by atoms with Gasteiger partial charge in [0.05, 0.1) is 11.4 Å². The fraction of sp³-hybridized carbons (Fsp3) is 0.306. The molecule has 1 aromatic heterocycles. The Kier molecular flexibility index (Phi) is 13.5. The van der Waals surface area contributed by atoms with Crippen molar-refractivity contribution < 1.29 is 33.4 Å². The van der Waals surface area contributed by atoms with E-state index in [2.05, 4.69) is 20.5 Å². The summed E-state index contributed by atoms with van der Waals surface area (Å²) in [5.41, 5.74) is 20.1. The van der Waals surface area contributed by atoms with Gasteiger partial charge in [-0.2, -0.15) is 0 Å². The maximum absolute atomic E-state index is 13.0. The number of likely N-dealkylation sites (N-methyl/N-ethyl adjacent to an activating group) is 2. The summed E-state index contributed by atoms with van der Waals surface area (Å²) in [6.45, 7) is 0.126. The van der Waals surface area contributed by atoms with E-state index in [0.717, 1.165) is 16.7 Å². The number of ether oxygens (including phenoxy) is 2. The van der Waals surface area contributed by atoms with Crippen LogP contribution in [0.5, 0.6) is 11.5 Å². The number of H-pyrrole nitrogens is 1. The normalized spacial score (nSPS) is 16.2. The molecule has 6 rings (SSSR count). The zero-order chi connectivity index (χ0) is 37.4. The van der Waals surface area contributed by atoms with Crippen LogP contribution in [-0.4, -0.2) is 84.1 Å². The van der Waals surface area contributed by atoms with Crippen LogP contribution in [-0.2, 0) is 38.4 Å². The second-order valence-electron chi connectivity index (χ2n) is 12.4. The van der Waals surface area contributed by atoms with E-state index < -0.39 is 23.9 Å². The van der Waals surface area contributed by atoms with Crippen molar-refractivity contribution in [2.75, 3.05) is 37.1 Å². The monoisotopic (exact) mass is 747 g/mol. The number of benzene rings is 3. The van der Waals surface area contributed by atoms with Crippen LogP contribution in [0.4, 0.5) is 11.4 Å². The lowest BCUT2D eigenvalue weighted by Gasteiger charge is -2.20. The zero-order valence-corrected chi connectivity index (χ0v) is 30.1. The van der Waals surface area contributed by atoms with E-state index in [9.17, 15) is 24.0 Å². The number of carbonyl (C=O) groups is 5. The smallest absolute Gasteiger partial charge is 0.291 e. The third kappa shape index (κ3) is 10.3. The number of hydrogen-bond donors (Lipinski definition) is 5. The lowest BCUT2D eigenvalue weighted by Crippen LogP contribution is -2.49. The first-order valence-corrected chi connectivity index (χ1v) is 16.5. The number of nitrogens with two attached hydrogens (primary N) is 3. The van der Waals surface area contributed by atoms with Gasteiger partial charge in [-0.1, -0.05) is 42.5 Å². The number of nitrogens with one attached hydrogen (secondary N) is 2. The molecule has 0 saturated carbocycles. The number of aryl methyl sites for hydroxylation is 2. The molecule has 0 aliphatic carbocycles. The predicted molar refractivity (Wildman–Crippen MR) is 198 cm³/mol. The molecular formula is C36H42ClN9O7. The largest absolute Gasteiger partial charge is 0.489 e. The molecule has 2 atom stereocenters. The highest BCUT2D eigenvalue weighted by molar-refractivity contribution is 6.02. The molecule has 8 N–H and O–H groups in total. The molecule has 280 valence electrons. The number of amides is 5. The van der Waals surface area contributed by atoms with Crippen molar-refractivity contribution in [2.45, 2.75) is 44.2 Å². The van der Waals surface area contributed by atoms with E-state index in [1.807, 2.05) is 48.5 Å². The number of primary amides is 2. The van der Waals surface area contributed by atoms with Crippen LogP contribution in [0.2, 0.25) is 0 Å². The fourth-order valence-electron chi connectivity index (χ4n) is 5.55. The molecule has 0 saturated heterocycles. The Bertz CT molecular complexity index is 1960. The summed E-state index contributed by atoms with van der Waals surface area (Å²) in [4.78, 5) is 66.7. The number of fused-ring (bicyclic) bond motifs is 2. The summed E-state index contributed by atoms with van der Waals surface area (Å²) in [6.07, 6.45) is 1.98. The molecule has 2 aliphatic rings. The van der Waals surface area contributed by atoms with Crippen molar-refractivity contribution in [1.29, 1.82) is 0 Å². The number of nitrogens with zero attached hydrogens (tertiary/aromatic N) is 4. The van der Waals surface area contributed by atoms with Crippen molar-refractivity contribution in [3.8, 4) is 11.5 Å². The minimum absolute atomic E-state index is 0. The zero-order valence-electron chi connectivity index (χ0n) is 29.2. The van der Waals surface area contributed by atoms with Crippen LogP contribution in [0.15, 0.2) is 66.7 Å². The van der Waals surface area contributed by atoms with Gasteiger partial charge in [0, 0.05) is 33.4 Å². The van der Waals surface area contributed by atoms with Gasteiger partial charge < -0.3 is 41.8 Å². The number of halogens is 1. The highest BCUT2D eigenvalue weighted by atomic mass is 35.5. The van der Waals surface area contributed by atoms with E-state index >= 15 is 0 Å². The molecule has 53 heavy (non-hydrogen) atoms. The Morgan fingerprint density at radius 1 is 0.811 bits per heavy atom. The van der Waals surface area contributed by atoms with Crippen molar-refractivity contribution >= 4 is 53.3 Å². The van der Waals surface area contributed by atoms with Gasteiger partial charge in [0.1, 0.15) is 42.6 Å². The minimum atomic E-state index is -0.917. The average molecular weight is 748 g/mol. The third-order valence-electron chi connectivity index (χ3n) is 8.44. The van der Waals surface area contributed by atoms with Gasteiger partial charge in [-0.05, 0) is 53.8 Å². The Morgan fingerprint density at radius 2 is 1.36 bits per heavy atom. The molecule has 2 aliphatic heterocycles. The Balaban J connectivity index is 0.000000267. The number of hydrogen-bond acceptors (Lipinski definition) is 10. The van der Waals surface area contributed by atoms with Gasteiger partial charge in [0.15, 0.2) is 0 Å². The number of carbonyl (C=O) groups excluding carboxylic acids is 5. The number of aromatic nitrogens is 3. The SMILES string of the molecule is CN1C(=O)[C@@H](N)COc2ccc(CCC(N)=O)cc21.CN1C(=O)[C@@H](NC(=O)c2n[nH]c(Cc3ccccc3)n2)COc2ccc(CCC(N)=O)cc21.Cl. The van der Waals surface area contributed by atoms with Crippen LogP contribution in [0.3, 0.4) is 0 Å². The second-order valence-corrected chi connectivity index (χ2v) is 12.4. The molecule has 0 fully saturated rings. The molecule has 0 radical (unpaired) electrons. The average Bonchev–Trinajstić information content (AvgIpc) is 3.54. The van der Waals surface area contributed by atoms with Crippen LogP contribution >= 0.6 is 12.4 Å². The number of aromatic amines is 1. The predicted octanol–water partition coefficient (Wildman–Crippen LogP) is 1.18. The number of rotatable bonds is 10. The maximum atomic E-state index is 13.0. The Morgan fingerprint density at radius 3 is 1.92 bits per heavy atom. The van der Waals surface area contributed by atoms with E-state index in [0.29, 0.717) is 48.0 Å². The molecule has 17 heteroatoms. The van der Waals surface area contributed by atoms with Crippen LogP contribution in [0.25, 0.3) is 0 Å². The molecule has 0 unspecified atom stereocenters. The standard InChI is InChI=1S/C23H24N6O4.C13H17N3O3.ClH/c1-29-17-11-15(8-10-19(24)30)7-9-18(17)33-13-16(23(29)32)25-22(31)21-26-20(27-28-21)12-14-5-3-2-4-6-14;1-16-10-6-8(3-5-12(15)17)2-4-11(10)19-7-9(14)13(16)18;/h2-7,9,11,16H,8,10,12-13H2,1H3,(H2,24,30)(H,25,31)(H,26,27,28);2,4,6,9H,3,5,7,14H2,1H3,(H2,15,17);1H/t16-;9-;/m00./s1. The molecule has 16 nitrogen and oxygen atoms in total. The third-order valence-corrected chi connectivity index (χ3v) is 8.44. The van der Waals surface area contributed by atoms with Gasteiger partial charge >= 0.3 is 0 Å². The van der Waals surface area contributed by atoms with Crippen LogP contribution in [0, 0.1) is 0 Å². The first-order valence-electron chi connectivity index (χ1n) is 16.5. The number of anilines is 2. The van der Waals surface area contributed by atoms with Gasteiger partial charge in [-0.15, -0.1) is 17.5 Å². The van der Waals surface area contributed by atoms with Gasteiger partial charge in [0.2, 0.25) is 23.5 Å².